The van der Waals surface area contributed by atoms with Crippen molar-refractivity contribution >= 4 is 115 Å². The number of nitrogens with one attached hydrogen (secondary N) is 6. The van der Waals surface area contributed by atoms with Crippen LogP contribution in [-0.4, -0.2) is 72.9 Å². The van der Waals surface area contributed by atoms with Crippen molar-refractivity contribution in [1.29, 1.82) is 0 Å². The van der Waals surface area contributed by atoms with Crippen LogP contribution in [0.1, 0.15) is 119 Å². The van der Waals surface area contributed by atoms with E-state index in [0.717, 1.165) is 136 Å². The van der Waals surface area contributed by atoms with Gasteiger partial charge in [-0.25, -0.2) is 26.3 Å². The molecular formula is C98H118F6N6O6P6. The van der Waals surface area contributed by atoms with Gasteiger partial charge in [-0.1, -0.05) is 196 Å². The molecule has 0 heterocycles. The van der Waals surface area contributed by atoms with Crippen molar-refractivity contribution in [2.45, 2.75) is 133 Å². The van der Waals surface area contributed by atoms with Gasteiger partial charge in [-0.15, -0.1) is 0 Å². The molecule has 0 spiro atoms. The minimum absolute atomic E-state index is 0.0221. The Morgan fingerprint density at radius 1 is 0.246 bits per heavy atom. The first-order chi connectivity index (χ1) is 57.9. The number of phenolic OH excluding ortho intramolecular Hbond substituents is 6. The number of phenols is 6. The molecule has 0 fully saturated rings. The summed E-state index contributed by atoms with van der Waals surface area (Å²) in [5.74, 6) is 0.588. The number of hydrogen-bond acceptors (Lipinski definition) is 12. The van der Waals surface area contributed by atoms with Gasteiger partial charge in [0.05, 0.1) is 0 Å². The van der Waals surface area contributed by atoms with Gasteiger partial charge in [0, 0.05) is 76.7 Å². The van der Waals surface area contributed by atoms with Crippen molar-refractivity contribution in [1.82, 2.24) is 31.9 Å². The topological polar surface area (TPSA) is 194 Å². The van der Waals surface area contributed by atoms with Gasteiger partial charge in [0.2, 0.25) is 0 Å². The number of halogens is 6. The summed E-state index contributed by atoms with van der Waals surface area (Å²) in [6.45, 7) is 28.2. The summed E-state index contributed by atoms with van der Waals surface area (Å²) < 4.78 is 80.1. The Kier molecular flexibility index (Phi) is 40.0. The van der Waals surface area contributed by atoms with E-state index < -0.39 is 0 Å². The highest BCUT2D eigenvalue weighted by Crippen LogP contribution is 2.36. The van der Waals surface area contributed by atoms with E-state index in [0.29, 0.717) is 120 Å². The Balaban J connectivity index is 0.000000202. The molecule has 12 rings (SSSR count). The summed E-state index contributed by atoms with van der Waals surface area (Å²) in [7, 11) is 12.9. The Bertz CT molecular complexity index is 5370. The summed E-state index contributed by atoms with van der Waals surface area (Å²) >= 11 is 0. The molecule has 0 saturated carbocycles. The molecule has 12 aromatic carbocycles. The maximum Gasteiger partial charge on any atom is 0.127 e. The van der Waals surface area contributed by atoms with Crippen LogP contribution in [0.3, 0.4) is 0 Å². The van der Waals surface area contributed by atoms with E-state index in [9.17, 15) is 57.0 Å². The highest BCUT2D eigenvalue weighted by atomic mass is 31.1. The molecule has 0 aliphatic carbocycles. The predicted octanol–water partition coefficient (Wildman–Crippen LogP) is 15.7. The predicted molar refractivity (Wildman–Crippen MR) is 515 cm³/mol. The van der Waals surface area contributed by atoms with Crippen LogP contribution in [0.4, 0.5) is 26.3 Å². The quantitative estimate of drug-likeness (QED) is 0.0203. The normalized spacial score (nSPS) is 11.7. The molecule has 12 nitrogen and oxygen atoms in total. The van der Waals surface area contributed by atoms with Gasteiger partial charge in [-0.3, -0.25) is 0 Å². The Labute approximate surface area is 728 Å². The average Bonchev–Trinajstić information content (AvgIpc) is 0.788. The molecule has 12 N–H and O–H groups in total. The van der Waals surface area contributed by atoms with E-state index in [4.69, 9.17) is 0 Å². The number of hydrogen-bond donors (Lipinski definition) is 12. The van der Waals surface area contributed by atoms with Crippen molar-refractivity contribution in [3.05, 3.63) is 319 Å². The van der Waals surface area contributed by atoms with Crippen molar-refractivity contribution < 1.29 is 57.0 Å². The average molecular weight is 1780 g/mol. The number of aryl methyl sites for hydroxylation is 6. The zero-order valence-corrected chi connectivity index (χ0v) is 78.8. The summed E-state index contributed by atoms with van der Waals surface area (Å²) in [6.07, 6.45) is 0. The van der Waals surface area contributed by atoms with E-state index in [1.54, 1.807) is 78.9 Å². The molecule has 648 valence electrons. The second-order valence-corrected chi connectivity index (χ2v) is 39.6. The van der Waals surface area contributed by atoms with Crippen molar-refractivity contribution in [2.24, 2.45) is 0 Å². The number of rotatable bonds is 24. The van der Waals surface area contributed by atoms with Crippen molar-refractivity contribution in [3.8, 4) is 34.5 Å². The fourth-order valence-corrected chi connectivity index (χ4v) is 20.7. The largest absolute Gasteiger partial charge is 0.507 e. The third-order valence-corrected chi connectivity index (χ3v) is 27.7. The second kappa shape index (κ2) is 48.6. The summed E-state index contributed by atoms with van der Waals surface area (Å²) in [4.78, 5) is 0. The van der Waals surface area contributed by atoms with Gasteiger partial charge in [0.1, 0.15) is 69.4 Å². The SMILES string of the molecule is CNCc1cc(F)ccc1Pc1cc(C(C)(C)C)cc(C)c1O.CNCc1cc(F)ccc1Pc1cc(C)cc(C(C)(C)C)c1O.CNCc1cc(F)ccc1Pc1cc(C)cc(C)c1O.CNCc1cc(F)ccc1Pc1cc(C)ccc1O.CNCc1cc(F)ccc1Pc1cccc(C)c1O.CNCc1cc(F)ccc1Pc1ccccc1O. The highest BCUT2D eigenvalue weighted by molar-refractivity contribution is 7.57. The molecule has 12 aromatic rings. The first-order valence-electron chi connectivity index (χ1n) is 39.9. The van der Waals surface area contributed by atoms with Crippen LogP contribution in [0.15, 0.2) is 206 Å². The molecule has 122 heavy (non-hydrogen) atoms. The lowest BCUT2D eigenvalue weighted by molar-refractivity contribution is 0.450. The molecule has 0 aliphatic heterocycles. The van der Waals surface area contributed by atoms with Crippen LogP contribution in [0.5, 0.6) is 34.5 Å². The van der Waals surface area contributed by atoms with Gasteiger partial charge < -0.3 is 62.5 Å². The van der Waals surface area contributed by atoms with Crippen LogP contribution in [0, 0.1) is 76.4 Å². The Hall–Kier alpha value is -8.64. The van der Waals surface area contributed by atoms with E-state index in [2.05, 4.69) is 79.5 Å². The summed E-state index contributed by atoms with van der Waals surface area (Å²) in [5.41, 5.74) is 13.7. The van der Waals surface area contributed by atoms with Crippen molar-refractivity contribution in [2.75, 3.05) is 42.3 Å². The standard InChI is InChI=1S/2C19H25FNOP.C16H19FNOP.2C15H17FNOP.C14H15FNOP/c1-12-8-14(19(2,3)4)10-17(18(12)22)23-16-7-6-15(20)9-13(16)11-21-5;1-12-8-15(19(2,3)4)18(22)17(9-12)23-16-7-6-14(20)10-13(16)11-21-5;1-10-6-11(2)16(19)15(7-10)20-14-5-4-13(17)8-12(14)9-18-3;1-10-3-5-13(18)15(7-10)19-14-6-4-12(16)8-11(14)9-17-2;1-10-4-3-5-14(15(10)18)19-13-7-6-12(16)8-11(13)9-17-2;1-16-9-10-8-11(15)6-7-13(10)18-14-5-3-2-4-12(14)17/h2*6-10,21-23H,11H2,1-5H3;4-8,18-20H,9H2,1-3H3;2*3-8,17-19H,9H2,1-2H3;2-8,16-18H,9H2,1H3. The molecule has 0 saturated heterocycles. The monoisotopic (exact) mass is 1770 g/mol. The Morgan fingerprint density at radius 3 is 0.902 bits per heavy atom. The minimum atomic E-state index is -0.230. The first kappa shape index (κ1) is 100. The zero-order chi connectivity index (χ0) is 89.7. The van der Waals surface area contributed by atoms with Gasteiger partial charge in [-0.2, -0.15) is 0 Å². The molecule has 0 aliphatic rings. The van der Waals surface area contributed by atoms with E-state index in [-0.39, 0.29) is 51.5 Å². The minimum Gasteiger partial charge on any atom is -0.507 e. The van der Waals surface area contributed by atoms with Crippen LogP contribution in [-0.2, 0) is 50.1 Å². The Morgan fingerprint density at radius 2 is 0.541 bits per heavy atom. The van der Waals surface area contributed by atoms with Gasteiger partial charge >= 0.3 is 0 Å². The maximum atomic E-state index is 13.5. The number of aromatic hydroxyl groups is 6. The molecule has 6 atom stereocenters. The smallest absolute Gasteiger partial charge is 0.127 e. The van der Waals surface area contributed by atoms with Crippen LogP contribution in [0.25, 0.3) is 0 Å². The molecular weight excluding hydrogens is 1660 g/mol. The number of para-hydroxylation sites is 2. The molecule has 0 radical (unpaired) electrons. The van der Waals surface area contributed by atoms with Gasteiger partial charge in [0.15, 0.2) is 0 Å². The van der Waals surface area contributed by atoms with Gasteiger partial charge in [-0.05, 0) is 302 Å². The fraction of sp³-hybridized carbons (Fsp3) is 0.265. The van der Waals surface area contributed by atoms with E-state index >= 15 is 0 Å². The lowest BCUT2D eigenvalue weighted by atomic mass is 9.85. The molecule has 0 bridgehead atoms. The first-order valence-corrected chi connectivity index (χ1v) is 45.9. The van der Waals surface area contributed by atoms with E-state index in [1.807, 2.05) is 169 Å². The third kappa shape index (κ3) is 30.9. The molecule has 0 aromatic heterocycles. The van der Waals surface area contributed by atoms with E-state index in [1.165, 1.54) is 42.0 Å². The lowest BCUT2D eigenvalue weighted by Gasteiger charge is -2.23. The van der Waals surface area contributed by atoms with Crippen molar-refractivity contribution in [3.63, 3.8) is 0 Å². The maximum absolute atomic E-state index is 13.5. The highest BCUT2D eigenvalue weighted by Gasteiger charge is 2.23. The van der Waals surface area contributed by atoms with Gasteiger partial charge in [0.25, 0.3) is 0 Å². The van der Waals surface area contributed by atoms with Crippen LogP contribution >= 0.6 is 51.5 Å². The molecule has 0 amide bonds. The fourth-order valence-electron chi connectivity index (χ4n) is 12.9. The zero-order valence-electron chi connectivity index (χ0n) is 72.8. The lowest BCUT2D eigenvalue weighted by Crippen LogP contribution is -2.18. The molecule has 6 unspecified atom stereocenters. The second-order valence-electron chi connectivity index (χ2n) is 31.6. The summed E-state index contributed by atoms with van der Waals surface area (Å²) in [5, 5.41) is 91.1. The third-order valence-electron chi connectivity index (χ3n) is 19.2. The number of benzene rings is 12. The molecule has 24 heteroatoms. The summed E-state index contributed by atoms with van der Waals surface area (Å²) in [6, 6.07) is 59.6. The van der Waals surface area contributed by atoms with Crippen LogP contribution in [0.2, 0.25) is 0 Å². The van der Waals surface area contributed by atoms with Crippen LogP contribution < -0.4 is 95.6 Å².